The van der Waals surface area contributed by atoms with Crippen molar-refractivity contribution in [2.45, 2.75) is 25.8 Å². The molecule has 0 amide bonds. The van der Waals surface area contributed by atoms with Crippen LogP contribution in [0.15, 0.2) is 23.2 Å². The third kappa shape index (κ3) is 6.28. The number of benzene rings is 1. The predicted molar refractivity (Wildman–Crippen MR) is 95.9 cm³/mol. The van der Waals surface area contributed by atoms with Crippen molar-refractivity contribution in [2.24, 2.45) is 10.9 Å². The predicted octanol–water partition coefficient (Wildman–Crippen LogP) is 2.19. The second kappa shape index (κ2) is 10.0. The molecule has 0 aliphatic heterocycles. The molecule has 0 unspecified atom stereocenters. The number of ether oxygens (including phenoxy) is 3. The summed E-state index contributed by atoms with van der Waals surface area (Å²) in [5.41, 5.74) is 1.10. The van der Waals surface area contributed by atoms with Gasteiger partial charge in [-0.2, -0.15) is 0 Å². The molecule has 24 heavy (non-hydrogen) atoms. The van der Waals surface area contributed by atoms with E-state index >= 15 is 0 Å². The maximum Gasteiger partial charge on any atom is 0.191 e. The largest absolute Gasteiger partial charge is 0.493 e. The Hall–Kier alpha value is -1.95. The van der Waals surface area contributed by atoms with Crippen molar-refractivity contribution < 1.29 is 14.2 Å². The van der Waals surface area contributed by atoms with E-state index in [2.05, 4.69) is 15.6 Å². The van der Waals surface area contributed by atoms with Gasteiger partial charge < -0.3 is 24.8 Å². The average molecular weight is 335 g/mol. The van der Waals surface area contributed by atoms with Gasteiger partial charge in [-0.05, 0) is 42.9 Å². The highest BCUT2D eigenvalue weighted by atomic mass is 16.5. The second-order valence-electron chi connectivity index (χ2n) is 5.91. The molecule has 0 saturated heterocycles. The van der Waals surface area contributed by atoms with E-state index in [4.69, 9.17) is 14.2 Å². The Bertz CT molecular complexity index is 530. The molecule has 6 nitrogen and oxygen atoms in total. The van der Waals surface area contributed by atoms with Gasteiger partial charge in [0.2, 0.25) is 0 Å². The molecule has 0 radical (unpaired) electrons. The zero-order valence-corrected chi connectivity index (χ0v) is 14.9. The van der Waals surface area contributed by atoms with E-state index in [1.165, 1.54) is 12.8 Å². The van der Waals surface area contributed by atoms with E-state index in [1.807, 2.05) is 18.2 Å². The summed E-state index contributed by atoms with van der Waals surface area (Å²) in [6.45, 7) is 3.23. The lowest BCUT2D eigenvalue weighted by Crippen LogP contribution is -2.37. The number of nitrogens with zero attached hydrogens (tertiary/aromatic N) is 1. The molecule has 1 aromatic rings. The minimum Gasteiger partial charge on any atom is -0.493 e. The normalized spacial score (nSPS) is 14.4. The quantitative estimate of drug-likeness (QED) is 0.390. The van der Waals surface area contributed by atoms with Crippen molar-refractivity contribution in [1.82, 2.24) is 10.6 Å². The molecule has 6 heteroatoms. The summed E-state index contributed by atoms with van der Waals surface area (Å²) in [5.74, 6) is 3.07. The molecule has 1 aliphatic rings. The first-order chi connectivity index (χ1) is 11.8. The lowest BCUT2D eigenvalue weighted by molar-refractivity contribution is 0.123. The summed E-state index contributed by atoms with van der Waals surface area (Å²) in [6.07, 6.45) is 3.65. The van der Waals surface area contributed by atoms with Crippen LogP contribution in [0, 0.1) is 5.92 Å². The number of guanidine groups is 1. The second-order valence-corrected chi connectivity index (χ2v) is 5.91. The monoisotopic (exact) mass is 335 g/mol. The third-order valence-electron chi connectivity index (χ3n) is 3.94. The summed E-state index contributed by atoms with van der Waals surface area (Å²) < 4.78 is 16.2. The highest BCUT2D eigenvalue weighted by molar-refractivity contribution is 5.79. The smallest absolute Gasteiger partial charge is 0.191 e. The fraction of sp³-hybridized carbons (Fsp3) is 0.611. The van der Waals surface area contributed by atoms with Crippen LogP contribution in [-0.4, -0.2) is 47.0 Å². The topological polar surface area (TPSA) is 64.1 Å². The van der Waals surface area contributed by atoms with Gasteiger partial charge in [-0.3, -0.25) is 4.99 Å². The number of nitrogens with one attached hydrogen (secondary N) is 2. The minimum atomic E-state index is 0.665. The van der Waals surface area contributed by atoms with Crippen molar-refractivity contribution in [2.75, 3.05) is 41.0 Å². The number of aliphatic imine (C=N–C) groups is 1. The van der Waals surface area contributed by atoms with Gasteiger partial charge in [0.1, 0.15) is 0 Å². The van der Waals surface area contributed by atoms with Crippen LogP contribution in [0.25, 0.3) is 0 Å². The van der Waals surface area contributed by atoms with Crippen molar-refractivity contribution in [3.63, 3.8) is 0 Å². The average Bonchev–Trinajstić information content (AvgIpc) is 3.44. The summed E-state index contributed by atoms with van der Waals surface area (Å²) >= 11 is 0. The van der Waals surface area contributed by atoms with Gasteiger partial charge in [0.05, 0.1) is 14.2 Å². The molecule has 0 atom stereocenters. The summed E-state index contributed by atoms with van der Waals surface area (Å²) in [7, 11) is 5.05. The Morgan fingerprint density at radius 3 is 2.62 bits per heavy atom. The Morgan fingerprint density at radius 1 is 1.17 bits per heavy atom. The fourth-order valence-corrected chi connectivity index (χ4v) is 2.31. The molecule has 0 heterocycles. The molecule has 1 aromatic carbocycles. The lowest BCUT2D eigenvalue weighted by Gasteiger charge is -2.13. The van der Waals surface area contributed by atoms with Crippen LogP contribution in [0.4, 0.5) is 0 Å². The Kier molecular flexibility index (Phi) is 7.68. The van der Waals surface area contributed by atoms with E-state index in [1.54, 1.807) is 21.3 Å². The van der Waals surface area contributed by atoms with Crippen LogP contribution >= 0.6 is 0 Å². The van der Waals surface area contributed by atoms with Gasteiger partial charge in [-0.1, -0.05) is 6.07 Å². The van der Waals surface area contributed by atoms with Crippen LogP contribution in [-0.2, 0) is 11.3 Å². The maximum atomic E-state index is 5.62. The minimum absolute atomic E-state index is 0.665. The highest BCUT2D eigenvalue weighted by Crippen LogP contribution is 2.28. The van der Waals surface area contributed by atoms with Crippen LogP contribution in [0.5, 0.6) is 11.5 Å². The van der Waals surface area contributed by atoms with E-state index in [0.29, 0.717) is 6.54 Å². The van der Waals surface area contributed by atoms with Gasteiger partial charge in [-0.15, -0.1) is 0 Å². The van der Waals surface area contributed by atoms with Crippen LogP contribution in [0.3, 0.4) is 0 Å². The molecule has 2 N–H and O–H groups in total. The Labute approximate surface area is 144 Å². The SMILES string of the molecule is CN=C(NCCCOCC1CC1)NCc1ccc(OC)c(OC)c1. The molecule has 134 valence electrons. The van der Waals surface area contributed by atoms with Crippen LogP contribution in [0.1, 0.15) is 24.8 Å². The highest BCUT2D eigenvalue weighted by Gasteiger charge is 2.20. The molecule has 1 aliphatic carbocycles. The number of rotatable bonds is 10. The first-order valence-electron chi connectivity index (χ1n) is 8.50. The van der Waals surface area contributed by atoms with Crippen molar-refractivity contribution in [1.29, 1.82) is 0 Å². The third-order valence-corrected chi connectivity index (χ3v) is 3.94. The zero-order valence-electron chi connectivity index (χ0n) is 14.9. The maximum absolute atomic E-state index is 5.62. The molecule has 1 fully saturated rings. The molecular weight excluding hydrogens is 306 g/mol. The van der Waals surface area contributed by atoms with Gasteiger partial charge in [-0.25, -0.2) is 0 Å². The van der Waals surface area contributed by atoms with Crippen molar-refractivity contribution in [3.8, 4) is 11.5 Å². The lowest BCUT2D eigenvalue weighted by atomic mass is 10.2. The Morgan fingerprint density at radius 2 is 1.96 bits per heavy atom. The molecule has 1 saturated carbocycles. The van der Waals surface area contributed by atoms with Gasteiger partial charge in [0.25, 0.3) is 0 Å². The first-order valence-corrected chi connectivity index (χ1v) is 8.50. The number of methoxy groups -OCH3 is 2. The Balaban J connectivity index is 1.66. The zero-order chi connectivity index (χ0) is 17.2. The molecule has 0 spiro atoms. The van der Waals surface area contributed by atoms with Gasteiger partial charge in [0, 0.05) is 33.4 Å². The van der Waals surface area contributed by atoms with Crippen LogP contribution in [0.2, 0.25) is 0 Å². The first kappa shape index (κ1) is 18.4. The van der Waals surface area contributed by atoms with E-state index < -0.39 is 0 Å². The molecule has 2 rings (SSSR count). The van der Waals surface area contributed by atoms with Crippen LogP contribution < -0.4 is 20.1 Å². The molecule has 0 aromatic heterocycles. The van der Waals surface area contributed by atoms with E-state index in [-0.39, 0.29) is 0 Å². The number of hydrogen-bond donors (Lipinski definition) is 2. The molecule has 0 bridgehead atoms. The van der Waals surface area contributed by atoms with E-state index in [0.717, 1.165) is 55.1 Å². The summed E-state index contributed by atoms with van der Waals surface area (Å²) in [5, 5.41) is 6.59. The number of hydrogen-bond acceptors (Lipinski definition) is 4. The standard InChI is InChI=1S/C18H29N3O3/c1-19-18(20-9-4-10-24-13-14-5-6-14)21-12-15-7-8-16(22-2)17(11-15)23-3/h7-8,11,14H,4-6,9-10,12-13H2,1-3H3,(H2,19,20,21). The van der Waals surface area contributed by atoms with Crippen molar-refractivity contribution >= 4 is 5.96 Å². The molecular formula is C18H29N3O3. The van der Waals surface area contributed by atoms with Gasteiger partial charge in [0.15, 0.2) is 17.5 Å². The summed E-state index contributed by atoms with van der Waals surface area (Å²) in [4.78, 5) is 4.23. The fourth-order valence-electron chi connectivity index (χ4n) is 2.31. The van der Waals surface area contributed by atoms with Crippen molar-refractivity contribution in [3.05, 3.63) is 23.8 Å². The van der Waals surface area contributed by atoms with Gasteiger partial charge >= 0.3 is 0 Å². The summed E-state index contributed by atoms with van der Waals surface area (Å²) in [6, 6.07) is 5.88. The van der Waals surface area contributed by atoms with E-state index in [9.17, 15) is 0 Å².